The van der Waals surface area contributed by atoms with Gasteiger partial charge >= 0.3 is 14.2 Å². The van der Waals surface area contributed by atoms with Gasteiger partial charge in [-0.15, -0.1) is 0 Å². The average Bonchev–Trinajstić information content (AvgIpc) is 3.36. The smallest absolute Gasteiger partial charge is 0.399 e. The number of hydrogen-bond acceptors (Lipinski definition) is 4. The maximum Gasteiger partial charge on any atom is 0.495 e. The lowest BCUT2D eigenvalue weighted by Crippen LogP contribution is -2.41. The van der Waals surface area contributed by atoms with E-state index >= 15 is 0 Å². The molecule has 0 bridgehead atoms. The molecule has 0 radical (unpaired) electrons. The molecule has 2 aliphatic heterocycles. The molecule has 0 unspecified atom stereocenters. The Morgan fingerprint density at radius 2 is 0.732 bits per heavy atom. The monoisotopic (exact) mass is 546 g/mol. The molecule has 4 aromatic carbocycles. The molecule has 210 valence electrons. The van der Waals surface area contributed by atoms with Crippen molar-refractivity contribution in [2.24, 2.45) is 0 Å². The first-order valence-corrected chi connectivity index (χ1v) is 14.9. The first-order valence-electron chi connectivity index (χ1n) is 14.9. The van der Waals surface area contributed by atoms with Gasteiger partial charge in [-0.1, -0.05) is 74.5 Å². The van der Waals surface area contributed by atoms with E-state index in [4.69, 9.17) is 18.6 Å². The summed E-state index contributed by atoms with van der Waals surface area (Å²) in [5, 5.41) is 4.81. The van der Waals surface area contributed by atoms with E-state index in [9.17, 15) is 0 Å². The Morgan fingerprint density at radius 1 is 0.439 bits per heavy atom. The second kappa shape index (κ2) is 8.26. The van der Waals surface area contributed by atoms with Gasteiger partial charge in [0, 0.05) is 5.41 Å². The fourth-order valence-corrected chi connectivity index (χ4v) is 6.81. The van der Waals surface area contributed by atoms with E-state index < -0.39 is 36.6 Å². The highest BCUT2D eigenvalue weighted by Gasteiger charge is 2.54. The van der Waals surface area contributed by atoms with Crippen molar-refractivity contribution in [1.29, 1.82) is 0 Å². The lowest BCUT2D eigenvalue weighted by Gasteiger charge is -2.32. The average molecular weight is 546 g/mol. The van der Waals surface area contributed by atoms with Crippen molar-refractivity contribution in [3.63, 3.8) is 0 Å². The van der Waals surface area contributed by atoms with Crippen LogP contribution in [0.25, 0.3) is 32.7 Å². The van der Waals surface area contributed by atoms with E-state index in [1.807, 2.05) is 0 Å². The van der Waals surface area contributed by atoms with Crippen LogP contribution in [0.4, 0.5) is 0 Å². The maximum atomic E-state index is 6.60. The molecule has 2 fully saturated rings. The van der Waals surface area contributed by atoms with E-state index in [1.54, 1.807) is 0 Å². The lowest BCUT2D eigenvalue weighted by atomic mass is 9.71. The van der Waals surface area contributed by atoms with E-state index in [-0.39, 0.29) is 5.41 Å². The molecule has 0 atom stereocenters. The minimum atomic E-state index is -0.438. The van der Waals surface area contributed by atoms with Gasteiger partial charge in [-0.05, 0) is 110 Å². The summed E-state index contributed by atoms with van der Waals surface area (Å²) in [6, 6.07) is 22.1. The zero-order valence-corrected chi connectivity index (χ0v) is 26.1. The third kappa shape index (κ3) is 3.64. The summed E-state index contributed by atoms with van der Waals surface area (Å²) in [7, 11) is -0.876. The Hall–Kier alpha value is -2.63. The summed E-state index contributed by atoms with van der Waals surface area (Å²) in [4.78, 5) is 0. The van der Waals surface area contributed by atoms with Crippen molar-refractivity contribution in [2.45, 2.75) is 97.1 Å². The SMILES string of the molecule is CC1(C)c2cc(B3OC(C)(C)C(C)(C)O3)c3ccccc3c2-c2c1cc(B1OC(C)(C)C(C)(C)O1)c1ccccc21. The molecular formula is C35H40B2O4. The highest BCUT2D eigenvalue weighted by molar-refractivity contribution is 6.66. The largest absolute Gasteiger partial charge is 0.495 e. The van der Waals surface area contributed by atoms with Crippen LogP contribution in [0.15, 0.2) is 60.7 Å². The minimum absolute atomic E-state index is 0.254. The fourth-order valence-electron chi connectivity index (χ4n) is 6.81. The first-order chi connectivity index (χ1) is 19.1. The Balaban J connectivity index is 1.49. The predicted octanol–water partition coefficient (Wildman–Crippen LogP) is 6.90. The number of fused-ring (bicyclic) bond motifs is 7. The Bertz CT molecular complexity index is 1590. The molecule has 1 aliphatic carbocycles. The molecule has 0 saturated carbocycles. The van der Waals surface area contributed by atoms with Gasteiger partial charge in [0.1, 0.15) is 0 Å². The van der Waals surface area contributed by atoms with Crippen molar-refractivity contribution in [3.8, 4) is 11.1 Å². The molecule has 4 aromatic rings. The number of hydrogen-bond donors (Lipinski definition) is 0. The second-order valence-corrected chi connectivity index (χ2v) is 14.7. The van der Waals surface area contributed by atoms with Gasteiger partial charge in [-0.3, -0.25) is 0 Å². The molecule has 2 heterocycles. The second-order valence-electron chi connectivity index (χ2n) is 14.7. The van der Waals surface area contributed by atoms with Crippen LogP contribution in [0.2, 0.25) is 0 Å². The Kier molecular flexibility index (Phi) is 5.48. The zero-order valence-electron chi connectivity index (χ0n) is 26.1. The third-order valence-corrected chi connectivity index (χ3v) is 10.8. The van der Waals surface area contributed by atoms with Gasteiger partial charge in [0.15, 0.2) is 0 Å². The van der Waals surface area contributed by atoms with E-state index in [0.29, 0.717) is 0 Å². The van der Waals surface area contributed by atoms with Crippen LogP contribution in [0.3, 0.4) is 0 Å². The van der Waals surface area contributed by atoms with Crippen molar-refractivity contribution < 1.29 is 18.6 Å². The van der Waals surface area contributed by atoms with Gasteiger partial charge in [0.05, 0.1) is 22.4 Å². The molecule has 2 saturated heterocycles. The Morgan fingerprint density at radius 3 is 1.05 bits per heavy atom. The van der Waals surface area contributed by atoms with Gasteiger partial charge < -0.3 is 18.6 Å². The van der Waals surface area contributed by atoms with Gasteiger partial charge in [0.25, 0.3) is 0 Å². The molecule has 0 N–H and O–H groups in total. The summed E-state index contributed by atoms with van der Waals surface area (Å²) < 4.78 is 26.4. The predicted molar refractivity (Wildman–Crippen MR) is 170 cm³/mol. The van der Waals surface area contributed by atoms with E-state index in [2.05, 4.69) is 130 Å². The van der Waals surface area contributed by atoms with Crippen LogP contribution < -0.4 is 10.9 Å². The summed E-state index contributed by atoms with van der Waals surface area (Å²) in [6.07, 6.45) is 0. The third-order valence-electron chi connectivity index (χ3n) is 10.8. The van der Waals surface area contributed by atoms with Gasteiger partial charge in [-0.25, -0.2) is 0 Å². The van der Waals surface area contributed by atoms with E-state index in [1.165, 1.54) is 43.8 Å². The van der Waals surface area contributed by atoms with Crippen LogP contribution in [0.5, 0.6) is 0 Å². The molecule has 0 aromatic heterocycles. The van der Waals surface area contributed by atoms with Crippen molar-refractivity contribution in [3.05, 3.63) is 71.8 Å². The van der Waals surface area contributed by atoms with Crippen LogP contribution in [-0.2, 0) is 24.0 Å². The number of rotatable bonds is 2. The quantitative estimate of drug-likeness (QED) is 0.257. The number of benzene rings is 4. The molecule has 3 aliphatic rings. The molecule has 41 heavy (non-hydrogen) atoms. The minimum Gasteiger partial charge on any atom is -0.399 e. The Labute approximate surface area is 245 Å². The van der Waals surface area contributed by atoms with E-state index in [0.717, 1.165) is 10.9 Å². The summed E-state index contributed by atoms with van der Waals surface area (Å²) >= 11 is 0. The molecule has 6 heteroatoms. The van der Waals surface area contributed by atoms with Crippen LogP contribution in [0, 0.1) is 0 Å². The topological polar surface area (TPSA) is 36.9 Å². The van der Waals surface area contributed by atoms with Gasteiger partial charge in [-0.2, -0.15) is 0 Å². The summed E-state index contributed by atoms with van der Waals surface area (Å²) in [5.41, 5.74) is 5.48. The fraction of sp³-hybridized carbons (Fsp3) is 0.429. The van der Waals surface area contributed by atoms with Crippen LogP contribution in [0.1, 0.15) is 80.4 Å². The normalized spacial score (nSPS) is 22.9. The lowest BCUT2D eigenvalue weighted by molar-refractivity contribution is 0.00578. The summed E-state index contributed by atoms with van der Waals surface area (Å²) in [5.74, 6) is 0. The summed E-state index contributed by atoms with van der Waals surface area (Å²) in [6.45, 7) is 21.6. The van der Waals surface area contributed by atoms with Crippen LogP contribution >= 0.6 is 0 Å². The molecule has 7 rings (SSSR count). The molecule has 4 nitrogen and oxygen atoms in total. The standard InChI is InChI=1S/C35H40B2O4/c1-31(2)25-19-27(36-38-32(3,4)33(5,6)39-36)21-15-11-13-17-23(21)29(25)30-24-18-14-12-16-22(24)28(20-26(30)31)37-40-34(7,8)35(9,10)41-37/h11-20H,1-10H3. The van der Waals surface area contributed by atoms with Gasteiger partial charge in [0.2, 0.25) is 0 Å². The molecule has 0 spiro atoms. The van der Waals surface area contributed by atoms with Crippen LogP contribution in [-0.4, -0.2) is 36.6 Å². The highest BCUT2D eigenvalue weighted by Crippen LogP contribution is 2.53. The zero-order chi connectivity index (χ0) is 29.3. The molecular weight excluding hydrogens is 506 g/mol. The van der Waals surface area contributed by atoms with Crippen molar-refractivity contribution in [1.82, 2.24) is 0 Å². The van der Waals surface area contributed by atoms with Crippen molar-refractivity contribution in [2.75, 3.05) is 0 Å². The molecule has 0 amide bonds. The maximum absolute atomic E-state index is 6.60. The first kappa shape index (κ1) is 27.2. The highest BCUT2D eigenvalue weighted by atomic mass is 16.7. The van der Waals surface area contributed by atoms with Crippen molar-refractivity contribution >= 4 is 46.7 Å².